The molecule has 0 unspecified atom stereocenters. The number of amides is 2. The van der Waals surface area contributed by atoms with Crippen molar-refractivity contribution in [3.63, 3.8) is 0 Å². The number of carbonyl (C=O) groups excluding carboxylic acids is 2. The van der Waals surface area contributed by atoms with E-state index in [2.05, 4.69) is 21.2 Å². The average Bonchev–Trinajstić information content (AvgIpc) is 2.56. The second-order valence-corrected chi connectivity index (χ2v) is 6.58. The minimum absolute atomic E-state index is 0.0704. The number of nitrogens with zero attached hydrogens (tertiary/aromatic N) is 1. The smallest absolute Gasteiger partial charge is 0.223 e. The third kappa shape index (κ3) is 5.49. The summed E-state index contributed by atoms with van der Waals surface area (Å²) < 4.78 is 0.950. The van der Waals surface area contributed by atoms with Crippen LogP contribution in [0, 0.1) is 6.92 Å². The maximum atomic E-state index is 12.0. The molecule has 0 heterocycles. The quantitative estimate of drug-likeness (QED) is 0.817. The average molecular weight is 389 g/mol. The number of hydrogen-bond acceptors (Lipinski definition) is 2. The zero-order valence-corrected chi connectivity index (χ0v) is 15.5. The SMILES string of the molecule is CC(=O)N(CCC(=O)NCc1ccc(C)cc1)c1ccc(Br)cc1. The number of halogens is 1. The van der Waals surface area contributed by atoms with Crippen molar-refractivity contribution in [1.82, 2.24) is 5.32 Å². The van der Waals surface area contributed by atoms with Crippen molar-refractivity contribution < 1.29 is 9.59 Å². The molecular weight excluding hydrogens is 368 g/mol. The fourth-order valence-electron chi connectivity index (χ4n) is 2.30. The summed E-state index contributed by atoms with van der Waals surface area (Å²) in [5.41, 5.74) is 3.04. The predicted molar refractivity (Wildman–Crippen MR) is 99.8 cm³/mol. The Morgan fingerprint density at radius 3 is 2.25 bits per heavy atom. The third-order valence-corrected chi connectivity index (χ3v) is 4.22. The molecule has 2 amide bonds. The Balaban J connectivity index is 1.87. The Kier molecular flexibility index (Phi) is 6.55. The molecule has 0 fully saturated rings. The van der Waals surface area contributed by atoms with Crippen LogP contribution in [0.4, 0.5) is 5.69 Å². The van der Waals surface area contributed by atoms with Gasteiger partial charge in [0.2, 0.25) is 11.8 Å². The number of anilines is 1. The molecule has 4 nitrogen and oxygen atoms in total. The zero-order valence-electron chi connectivity index (χ0n) is 13.9. The van der Waals surface area contributed by atoms with Crippen LogP contribution in [-0.2, 0) is 16.1 Å². The number of rotatable bonds is 6. The van der Waals surface area contributed by atoms with E-state index < -0.39 is 0 Å². The van der Waals surface area contributed by atoms with E-state index in [1.165, 1.54) is 12.5 Å². The topological polar surface area (TPSA) is 49.4 Å². The van der Waals surface area contributed by atoms with Crippen LogP contribution in [0.2, 0.25) is 0 Å². The minimum Gasteiger partial charge on any atom is -0.352 e. The molecule has 1 N–H and O–H groups in total. The first-order chi connectivity index (χ1) is 11.5. The second kappa shape index (κ2) is 8.64. The summed E-state index contributed by atoms with van der Waals surface area (Å²) in [5, 5.41) is 2.89. The monoisotopic (exact) mass is 388 g/mol. The maximum Gasteiger partial charge on any atom is 0.223 e. The van der Waals surface area contributed by atoms with E-state index >= 15 is 0 Å². The third-order valence-electron chi connectivity index (χ3n) is 3.69. The van der Waals surface area contributed by atoms with E-state index in [9.17, 15) is 9.59 Å². The first-order valence-corrected chi connectivity index (χ1v) is 8.61. The molecule has 0 aliphatic heterocycles. The standard InChI is InChI=1S/C19H21BrN2O2/c1-14-3-5-16(6-4-14)13-21-19(24)11-12-22(15(2)23)18-9-7-17(20)8-10-18/h3-10H,11-13H2,1-2H3,(H,21,24). The zero-order chi connectivity index (χ0) is 17.5. The van der Waals surface area contributed by atoms with Crippen molar-refractivity contribution in [1.29, 1.82) is 0 Å². The van der Waals surface area contributed by atoms with Gasteiger partial charge in [0, 0.05) is 36.6 Å². The Bertz CT molecular complexity index is 696. The molecule has 0 atom stereocenters. The molecule has 2 aromatic rings. The summed E-state index contributed by atoms with van der Waals surface area (Å²) in [7, 11) is 0. The molecular formula is C19H21BrN2O2. The highest BCUT2D eigenvalue weighted by Gasteiger charge is 2.13. The van der Waals surface area contributed by atoms with Gasteiger partial charge in [0.05, 0.1) is 0 Å². The molecule has 24 heavy (non-hydrogen) atoms. The van der Waals surface area contributed by atoms with Crippen LogP contribution < -0.4 is 10.2 Å². The van der Waals surface area contributed by atoms with Crippen molar-refractivity contribution >= 4 is 33.4 Å². The summed E-state index contributed by atoms with van der Waals surface area (Å²) in [6, 6.07) is 15.5. The Hall–Kier alpha value is -2.14. The van der Waals surface area contributed by atoms with Gasteiger partial charge < -0.3 is 10.2 Å². The van der Waals surface area contributed by atoms with Crippen molar-refractivity contribution in [2.24, 2.45) is 0 Å². The number of aryl methyl sites for hydroxylation is 1. The van der Waals surface area contributed by atoms with Crippen molar-refractivity contribution in [3.05, 3.63) is 64.1 Å². The van der Waals surface area contributed by atoms with E-state index in [1.807, 2.05) is 55.5 Å². The number of nitrogens with one attached hydrogen (secondary N) is 1. The second-order valence-electron chi connectivity index (χ2n) is 5.66. The summed E-state index contributed by atoms with van der Waals surface area (Å²) in [5.74, 6) is -0.150. The summed E-state index contributed by atoms with van der Waals surface area (Å²) >= 11 is 3.37. The lowest BCUT2D eigenvalue weighted by Crippen LogP contribution is -2.33. The van der Waals surface area contributed by atoms with Gasteiger partial charge in [0.1, 0.15) is 0 Å². The van der Waals surface area contributed by atoms with E-state index in [-0.39, 0.29) is 18.2 Å². The minimum atomic E-state index is -0.0799. The molecule has 0 aliphatic rings. The predicted octanol–water partition coefficient (Wildman–Crippen LogP) is 3.82. The van der Waals surface area contributed by atoms with E-state index in [0.29, 0.717) is 13.1 Å². The normalized spacial score (nSPS) is 10.3. The van der Waals surface area contributed by atoms with E-state index in [1.54, 1.807) is 4.90 Å². The van der Waals surface area contributed by atoms with Gasteiger partial charge in [-0.3, -0.25) is 9.59 Å². The number of carbonyl (C=O) groups is 2. The molecule has 0 saturated carbocycles. The van der Waals surface area contributed by atoms with Crippen LogP contribution in [0.1, 0.15) is 24.5 Å². The lowest BCUT2D eigenvalue weighted by molar-refractivity contribution is -0.121. The van der Waals surface area contributed by atoms with Gasteiger partial charge >= 0.3 is 0 Å². The molecule has 0 radical (unpaired) electrons. The van der Waals surface area contributed by atoms with Gasteiger partial charge in [-0.2, -0.15) is 0 Å². The molecule has 5 heteroatoms. The van der Waals surface area contributed by atoms with Gasteiger partial charge in [-0.05, 0) is 36.8 Å². The molecule has 0 saturated heterocycles. The fraction of sp³-hybridized carbons (Fsp3) is 0.263. The van der Waals surface area contributed by atoms with Crippen molar-refractivity contribution in [2.75, 3.05) is 11.4 Å². The highest BCUT2D eigenvalue weighted by atomic mass is 79.9. The van der Waals surface area contributed by atoms with Gasteiger partial charge in [-0.25, -0.2) is 0 Å². The van der Waals surface area contributed by atoms with E-state index in [0.717, 1.165) is 15.7 Å². The lowest BCUT2D eigenvalue weighted by atomic mass is 10.1. The molecule has 2 aromatic carbocycles. The number of benzene rings is 2. The molecule has 0 spiro atoms. The van der Waals surface area contributed by atoms with Crippen molar-refractivity contribution in [2.45, 2.75) is 26.8 Å². The highest BCUT2D eigenvalue weighted by Crippen LogP contribution is 2.18. The van der Waals surface area contributed by atoms with Crippen LogP contribution >= 0.6 is 15.9 Å². The summed E-state index contributed by atoms with van der Waals surface area (Å²) in [4.78, 5) is 25.5. The van der Waals surface area contributed by atoms with Gasteiger partial charge in [0.15, 0.2) is 0 Å². The Labute approximate surface area is 151 Å². The molecule has 0 aliphatic carbocycles. The Morgan fingerprint density at radius 1 is 1.04 bits per heavy atom. The van der Waals surface area contributed by atoms with Gasteiger partial charge in [0.25, 0.3) is 0 Å². The molecule has 2 rings (SSSR count). The number of hydrogen-bond donors (Lipinski definition) is 1. The Morgan fingerprint density at radius 2 is 1.67 bits per heavy atom. The maximum absolute atomic E-state index is 12.0. The van der Waals surface area contributed by atoms with Crippen LogP contribution in [0.15, 0.2) is 53.0 Å². The van der Waals surface area contributed by atoms with Crippen LogP contribution in [-0.4, -0.2) is 18.4 Å². The largest absolute Gasteiger partial charge is 0.352 e. The first-order valence-electron chi connectivity index (χ1n) is 7.81. The summed E-state index contributed by atoms with van der Waals surface area (Å²) in [6.07, 6.45) is 0.265. The van der Waals surface area contributed by atoms with Crippen molar-refractivity contribution in [3.8, 4) is 0 Å². The van der Waals surface area contributed by atoms with Gasteiger partial charge in [-0.15, -0.1) is 0 Å². The summed E-state index contributed by atoms with van der Waals surface area (Å²) in [6.45, 7) is 4.39. The molecule has 0 aromatic heterocycles. The fourth-order valence-corrected chi connectivity index (χ4v) is 2.56. The van der Waals surface area contributed by atoms with Crippen LogP contribution in [0.25, 0.3) is 0 Å². The first kappa shape index (κ1) is 18.2. The van der Waals surface area contributed by atoms with Crippen LogP contribution in [0.3, 0.4) is 0 Å². The lowest BCUT2D eigenvalue weighted by Gasteiger charge is -2.21. The van der Waals surface area contributed by atoms with Gasteiger partial charge in [-0.1, -0.05) is 45.8 Å². The highest BCUT2D eigenvalue weighted by molar-refractivity contribution is 9.10. The molecule has 126 valence electrons. The molecule has 0 bridgehead atoms. The van der Waals surface area contributed by atoms with E-state index in [4.69, 9.17) is 0 Å². The van der Waals surface area contributed by atoms with Crippen LogP contribution in [0.5, 0.6) is 0 Å².